The van der Waals surface area contributed by atoms with Crippen LogP contribution in [0.25, 0.3) is 0 Å². The quantitative estimate of drug-likeness (QED) is 0.483. The van der Waals surface area contributed by atoms with Crippen molar-refractivity contribution in [3.05, 3.63) is 58.8 Å². The molecule has 26 heavy (non-hydrogen) atoms. The van der Waals surface area contributed by atoms with Crippen molar-refractivity contribution in [2.45, 2.75) is 24.2 Å². The fraction of sp³-hybridized carbons (Fsp3) is 0.278. The molecule has 1 heterocycles. The van der Waals surface area contributed by atoms with Crippen LogP contribution in [0.2, 0.25) is 0 Å². The molecule has 0 N–H and O–H groups in total. The van der Waals surface area contributed by atoms with Crippen LogP contribution in [0.4, 0.5) is 0 Å². The summed E-state index contributed by atoms with van der Waals surface area (Å²) in [5.41, 5.74) is 0.262. The van der Waals surface area contributed by atoms with Crippen LogP contribution in [0.3, 0.4) is 0 Å². The van der Waals surface area contributed by atoms with Crippen LogP contribution >= 0.6 is 15.9 Å². The zero-order valence-electron chi connectivity index (χ0n) is 14.3. The van der Waals surface area contributed by atoms with E-state index >= 15 is 0 Å². The molecular formula is C18H19BrN2O4S. The Kier molecular flexibility index (Phi) is 7.47. The van der Waals surface area contributed by atoms with Gasteiger partial charge in [0.15, 0.2) is 0 Å². The monoisotopic (exact) mass is 438 g/mol. The third-order valence-corrected chi connectivity index (χ3v) is 6.32. The molecule has 0 aliphatic carbocycles. The number of aromatic nitrogens is 1. The number of rotatable bonds is 7. The third kappa shape index (κ3) is 5.74. The Bertz CT molecular complexity index is 893. The number of hydrogen-bond acceptors (Lipinski definition) is 5. The number of methoxy groups -OCH3 is 1. The topological polar surface area (TPSA) is 85.7 Å². The molecule has 0 fully saturated rings. The van der Waals surface area contributed by atoms with E-state index < -0.39 is 15.6 Å². The predicted octanol–water partition coefficient (Wildman–Crippen LogP) is 3.85. The van der Waals surface area contributed by atoms with Gasteiger partial charge in [-0.15, -0.1) is 0 Å². The summed E-state index contributed by atoms with van der Waals surface area (Å²) in [5.74, 6) is -0.716. The predicted molar refractivity (Wildman–Crippen MR) is 102 cm³/mol. The summed E-state index contributed by atoms with van der Waals surface area (Å²) in [7, 11) is -1.62. The van der Waals surface area contributed by atoms with E-state index in [1.54, 1.807) is 42.6 Å². The number of pyridine rings is 1. The van der Waals surface area contributed by atoms with Crippen LogP contribution in [0.1, 0.15) is 29.6 Å². The van der Waals surface area contributed by atoms with Gasteiger partial charge in [-0.3, -0.25) is 14.6 Å². The summed E-state index contributed by atoms with van der Waals surface area (Å²) in [4.78, 5) is 28.1. The molecule has 0 aliphatic rings. The van der Waals surface area contributed by atoms with Gasteiger partial charge < -0.3 is 4.74 Å². The lowest BCUT2D eigenvalue weighted by Crippen LogP contribution is -2.11. The standard InChI is InChI=1S/C18H19BrN2O4S/c1-25-17(22)9-5-6-10-26(24,16-7-3-2-4-8-16)21-18(23)14-11-15(19)13-20-12-14/h2-4,7-8,11-13H,5-6,9-10H2,1H3. The normalized spacial score (nSPS) is 12.8. The zero-order chi connectivity index (χ0) is 19.0. The van der Waals surface area contributed by atoms with E-state index in [4.69, 9.17) is 0 Å². The highest BCUT2D eigenvalue weighted by Crippen LogP contribution is 2.18. The van der Waals surface area contributed by atoms with Crippen molar-refractivity contribution in [3.63, 3.8) is 0 Å². The number of amides is 1. The van der Waals surface area contributed by atoms with Gasteiger partial charge in [0.05, 0.1) is 22.4 Å². The third-order valence-electron chi connectivity index (χ3n) is 3.57. The minimum Gasteiger partial charge on any atom is -0.469 e. The molecule has 0 spiro atoms. The second-order valence-electron chi connectivity index (χ2n) is 5.48. The lowest BCUT2D eigenvalue weighted by Gasteiger charge is -2.10. The number of carbonyl (C=O) groups excluding carboxylic acids is 2. The molecule has 0 saturated heterocycles. The van der Waals surface area contributed by atoms with Gasteiger partial charge in [0.25, 0.3) is 5.91 Å². The van der Waals surface area contributed by atoms with Crippen molar-refractivity contribution in [1.82, 2.24) is 4.98 Å². The number of hydrogen-bond donors (Lipinski definition) is 0. The van der Waals surface area contributed by atoms with Crippen molar-refractivity contribution >= 4 is 37.5 Å². The zero-order valence-corrected chi connectivity index (χ0v) is 16.7. The molecule has 1 unspecified atom stereocenters. The van der Waals surface area contributed by atoms with Gasteiger partial charge in [-0.25, -0.2) is 4.21 Å². The lowest BCUT2D eigenvalue weighted by molar-refractivity contribution is -0.140. The second kappa shape index (κ2) is 9.59. The van der Waals surface area contributed by atoms with E-state index in [9.17, 15) is 13.8 Å². The van der Waals surface area contributed by atoms with Gasteiger partial charge in [0, 0.05) is 33.9 Å². The first-order valence-electron chi connectivity index (χ1n) is 7.96. The number of unbranched alkanes of at least 4 members (excludes halogenated alkanes) is 1. The molecule has 0 saturated carbocycles. The number of benzene rings is 1. The van der Waals surface area contributed by atoms with E-state index in [-0.39, 0.29) is 23.7 Å². The van der Waals surface area contributed by atoms with E-state index in [1.165, 1.54) is 13.3 Å². The highest BCUT2D eigenvalue weighted by atomic mass is 79.9. The maximum absolute atomic E-state index is 13.4. The Balaban J connectivity index is 2.27. The van der Waals surface area contributed by atoms with Gasteiger partial charge in [-0.1, -0.05) is 18.2 Å². The molecule has 0 bridgehead atoms. The minimum atomic E-state index is -2.95. The fourth-order valence-electron chi connectivity index (χ4n) is 2.23. The van der Waals surface area contributed by atoms with Crippen molar-refractivity contribution < 1.29 is 18.5 Å². The van der Waals surface area contributed by atoms with Crippen LogP contribution in [-0.2, 0) is 19.3 Å². The Hall–Kier alpha value is -2.06. The van der Waals surface area contributed by atoms with E-state index in [0.29, 0.717) is 22.2 Å². The number of halogens is 1. The first-order valence-corrected chi connectivity index (χ1v) is 10.4. The van der Waals surface area contributed by atoms with Gasteiger partial charge in [-0.2, -0.15) is 4.36 Å². The molecule has 0 radical (unpaired) electrons. The summed E-state index contributed by atoms with van der Waals surface area (Å²) in [5, 5.41) is 0. The first kappa shape index (κ1) is 20.3. The smallest absolute Gasteiger partial charge is 0.305 e. The molecule has 2 aromatic rings. The largest absolute Gasteiger partial charge is 0.469 e. The van der Waals surface area contributed by atoms with Gasteiger partial charge in [0.2, 0.25) is 0 Å². The summed E-state index contributed by atoms with van der Waals surface area (Å²) in [6.07, 6.45) is 4.18. The summed E-state index contributed by atoms with van der Waals surface area (Å²) in [6.45, 7) is 0. The molecule has 138 valence electrons. The van der Waals surface area contributed by atoms with Gasteiger partial charge >= 0.3 is 5.97 Å². The highest BCUT2D eigenvalue weighted by Gasteiger charge is 2.17. The van der Waals surface area contributed by atoms with E-state index in [2.05, 4.69) is 30.0 Å². The maximum Gasteiger partial charge on any atom is 0.305 e. The molecule has 1 atom stereocenters. The van der Waals surface area contributed by atoms with Crippen molar-refractivity contribution in [2.75, 3.05) is 12.9 Å². The summed E-state index contributed by atoms with van der Waals surface area (Å²) in [6, 6.07) is 10.3. The van der Waals surface area contributed by atoms with Crippen LogP contribution in [0.15, 0.2) is 62.5 Å². The molecule has 6 nitrogen and oxygen atoms in total. The number of nitrogens with zero attached hydrogens (tertiary/aromatic N) is 2. The second-order valence-corrected chi connectivity index (χ2v) is 8.74. The number of carbonyl (C=O) groups is 2. The number of esters is 1. The molecule has 1 amide bonds. The minimum absolute atomic E-state index is 0.182. The van der Waals surface area contributed by atoms with E-state index in [0.717, 1.165) is 0 Å². The average molecular weight is 439 g/mol. The molecule has 2 rings (SSSR count). The SMILES string of the molecule is COC(=O)CCCCS(=O)(=NC(=O)c1cncc(Br)c1)c1ccccc1. The van der Waals surface area contributed by atoms with Crippen LogP contribution in [-0.4, -0.2) is 33.9 Å². The summed E-state index contributed by atoms with van der Waals surface area (Å²) < 4.78 is 22.7. The van der Waals surface area contributed by atoms with Gasteiger partial charge in [0.1, 0.15) is 0 Å². The van der Waals surface area contributed by atoms with Crippen molar-refractivity contribution in [3.8, 4) is 0 Å². The average Bonchev–Trinajstić information content (AvgIpc) is 2.65. The van der Waals surface area contributed by atoms with Crippen molar-refractivity contribution in [1.29, 1.82) is 0 Å². The Morgan fingerprint density at radius 3 is 2.58 bits per heavy atom. The summed E-state index contributed by atoms with van der Waals surface area (Å²) >= 11 is 3.26. The Morgan fingerprint density at radius 1 is 1.19 bits per heavy atom. The molecule has 1 aromatic heterocycles. The lowest BCUT2D eigenvalue weighted by atomic mass is 10.2. The fourth-order valence-corrected chi connectivity index (χ4v) is 4.58. The maximum atomic E-state index is 13.4. The molecular weight excluding hydrogens is 420 g/mol. The highest BCUT2D eigenvalue weighted by molar-refractivity contribution is 9.10. The molecule has 1 aromatic carbocycles. The first-order chi connectivity index (χ1) is 12.4. The van der Waals surface area contributed by atoms with Crippen LogP contribution in [0.5, 0.6) is 0 Å². The molecule has 8 heteroatoms. The van der Waals surface area contributed by atoms with E-state index in [1.807, 2.05) is 0 Å². The molecule has 0 aliphatic heterocycles. The van der Waals surface area contributed by atoms with Crippen LogP contribution < -0.4 is 0 Å². The van der Waals surface area contributed by atoms with Crippen molar-refractivity contribution in [2.24, 2.45) is 4.36 Å². The van der Waals surface area contributed by atoms with Crippen LogP contribution in [0, 0.1) is 0 Å². The Morgan fingerprint density at radius 2 is 1.92 bits per heavy atom. The number of ether oxygens (including phenoxy) is 1. The Labute approximate surface area is 161 Å². The van der Waals surface area contributed by atoms with Gasteiger partial charge in [-0.05, 0) is 47.0 Å².